The van der Waals surface area contributed by atoms with Crippen molar-refractivity contribution in [2.45, 2.75) is 25.3 Å². The van der Waals surface area contributed by atoms with Gasteiger partial charge in [-0.2, -0.15) is 0 Å². The molecule has 104 valence electrons. The number of anilines is 1. The molecule has 1 unspecified atom stereocenters. The molecule has 20 heavy (non-hydrogen) atoms. The Morgan fingerprint density at radius 3 is 2.75 bits per heavy atom. The Balaban J connectivity index is 1.77. The van der Waals surface area contributed by atoms with Gasteiger partial charge in [0.1, 0.15) is 11.6 Å². The average Bonchev–Trinajstić information content (AvgIpc) is 2.43. The van der Waals surface area contributed by atoms with E-state index in [2.05, 4.69) is 33.4 Å². The SMILES string of the molecule is Fc1ccc(F)c(NC2CCc3cc(Br)ccc3C2)c1. The monoisotopic (exact) mass is 337 g/mol. The molecule has 1 aliphatic rings. The van der Waals surface area contributed by atoms with Gasteiger partial charge in [-0.1, -0.05) is 22.0 Å². The van der Waals surface area contributed by atoms with Crippen LogP contribution in [-0.4, -0.2) is 6.04 Å². The van der Waals surface area contributed by atoms with Crippen molar-refractivity contribution in [3.63, 3.8) is 0 Å². The lowest BCUT2D eigenvalue weighted by molar-refractivity contribution is 0.581. The highest BCUT2D eigenvalue weighted by Crippen LogP contribution is 2.27. The van der Waals surface area contributed by atoms with Gasteiger partial charge in [-0.05, 0) is 60.7 Å². The zero-order chi connectivity index (χ0) is 14.1. The summed E-state index contributed by atoms with van der Waals surface area (Å²) in [5, 5.41) is 3.12. The van der Waals surface area contributed by atoms with Crippen LogP contribution in [0, 0.1) is 11.6 Å². The van der Waals surface area contributed by atoms with Crippen molar-refractivity contribution >= 4 is 21.6 Å². The van der Waals surface area contributed by atoms with Gasteiger partial charge in [0.15, 0.2) is 0 Å². The number of nitrogens with one attached hydrogen (secondary N) is 1. The summed E-state index contributed by atoms with van der Waals surface area (Å²) in [4.78, 5) is 0. The summed E-state index contributed by atoms with van der Waals surface area (Å²) in [5.41, 5.74) is 2.85. The predicted octanol–water partition coefficient (Wildman–Crippen LogP) is 4.70. The lowest BCUT2D eigenvalue weighted by atomic mass is 9.88. The van der Waals surface area contributed by atoms with Gasteiger partial charge in [-0.25, -0.2) is 8.78 Å². The predicted molar refractivity (Wildman–Crippen MR) is 79.9 cm³/mol. The molecule has 1 atom stereocenters. The molecule has 2 aromatic rings. The topological polar surface area (TPSA) is 12.0 Å². The van der Waals surface area contributed by atoms with E-state index in [1.165, 1.54) is 17.2 Å². The third kappa shape index (κ3) is 2.85. The quantitative estimate of drug-likeness (QED) is 0.837. The van der Waals surface area contributed by atoms with Crippen molar-refractivity contribution in [2.75, 3.05) is 5.32 Å². The van der Waals surface area contributed by atoms with Gasteiger partial charge in [-0.15, -0.1) is 0 Å². The first-order valence-electron chi connectivity index (χ1n) is 6.61. The highest BCUT2D eigenvalue weighted by molar-refractivity contribution is 9.10. The molecule has 0 amide bonds. The van der Waals surface area contributed by atoms with Gasteiger partial charge in [-0.3, -0.25) is 0 Å². The second-order valence-corrected chi connectivity index (χ2v) is 6.04. The Morgan fingerprint density at radius 2 is 1.90 bits per heavy atom. The number of aryl methyl sites for hydroxylation is 1. The molecule has 0 aromatic heterocycles. The molecular formula is C16H14BrF2N. The van der Waals surface area contributed by atoms with Crippen LogP contribution in [0.3, 0.4) is 0 Å². The Labute approximate surface area is 125 Å². The smallest absolute Gasteiger partial charge is 0.146 e. The molecule has 1 aliphatic carbocycles. The number of fused-ring (bicyclic) bond motifs is 1. The Kier molecular flexibility index (Phi) is 3.74. The molecule has 2 aromatic carbocycles. The van der Waals surface area contributed by atoms with E-state index in [9.17, 15) is 8.78 Å². The summed E-state index contributed by atoms with van der Waals surface area (Å²) in [5.74, 6) is -0.831. The van der Waals surface area contributed by atoms with Crippen LogP contribution in [-0.2, 0) is 12.8 Å². The third-order valence-electron chi connectivity index (χ3n) is 3.68. The van der Waals surface area contributed by atoms with E-state index in [1.54, 1.807) is 0 Å². The first-order valence-corrected chi connectivity index (χ1v) is 7.40. The van der Waals surface area contributed by atoms with Crippen molar-refractivity contribution in [3.05, 3.63) is 63.6 Å². The molecule has 0 saturated heterocycles. The van der Waals surface area contributed by atoms with Gasteiger partial charge in [0.2, 0.25) is 0 Å². The van der Waals surface area contributed by atoms with E-state index in [1.807, 2.05) is 6.07 Å². The highest BCUT2D eigenvalue weighted by Gasteiger charge is 2.19. The normalized spacial score (nSPS) is 17.6. The molecule has 4 heteroatoms. The summed E-state index contributed by atoms with van der Waals surface area (Å²) in [6.45, 7) is 0. The molecule has 0 spiro atoms. The fourth-order valence-electron chi connectivity index (χ4n) is 2.67. The van der Waals surface area contributed by atoms with Crippen molar-refractivity contribution in [3.8, 4) is 0 Å². The van der Waals surface area contributed by atoms with Crippen molar-refractivity contribution < 1.29 is 8.78 Å². The van der Waals surface area contributed by atoms with E-state index in [4.69, 9.17) is 0 Å². The minimum atomic E-state index is -0.422. The largest absolute Gasteiger partial charge is 0.380 e. The number of hydrogen-bond acceptors (Lipinski definition) is 1. The van der Waals surface area contributed by atoms with E-state index < -0.39 is 11.6 Å². The molecule has 1 N–H and O–H groups in total. The van der Waals surface area contributed by atoms with E-state index in [0.29, 0.717) is 0 Å². The summed E-state index contributed by atoms with van der Waals surface area (Å²) in [6.07, 6.45) is 2.70. The summed E-state index contributed by atoms with van der Waals surface area (Å²) in [7, 11) is 0. The van der Waals surface area contributed by atoms with Crippen LogP contribution >= 0.6 is 15.9 Å². The Morgan fingerprint density at radius 1 is 1.05 bits per heavy atom. The first-order chi connectivity index (χ1) is 9.61. The molecule has 1 nitrogen and oxygen atoms in total. The number of hydrogen-bond donors (Lipinski definition) is 1. The highest BCUT2D eigenvalue weighted by atomic mass is 79.9. The van der Waals surface area contributed by atoms with E-state index >= 15 is 0 Å². The van der Waals surface area contributed by atoms with Crippen molar-refractivity contribution in [1.29, 1.82) is 0 Å². The maximum absolute atomic E-state index is 13.6. The standard InChI is InChI=1S/C16H14BrF2N/c17-12-3-1-11-8-14(5-2-10(11)7-12)20-16-9-13(18)4-6-15(16)19/h1,3-4,6-7,9,14,20H,2,5,8H2. The minimum absolute atomic E-state index is 0.139. The lowest BCUT2D eigenvalue weighted by Gasteiger charge is -2.26. The molecule has 0 fully saturated rings. The maximum atomic E-state index is 13.6. The second kappa shape index (κ2) is 5.52. The van der Waals surface area contributed by atoms with Crippen molar-refractivity contribution in [1.82, 2.24) is 0 Å². The Bertz CT molecular complexity index is 642. The van der Waals surface area contributed by atoms with Gasteiger partial charge in [0, 0.05) is 10.5 Å². The molecular weight excluding hydrogens is 324 g/mol. The zero-order valence-electron chi connectivity index (χ0n) is 10.8. The summed E-state index contributed by atoms with van der Waals surface area (Å²) in [6, 6.07) is 9.89. The number of benzene rings is 2. The second-order valence-electron chi connectivity index (χ2n) is 5.12. The van der Waals surface area contributed by atoms with Crippen LogP contribution in [0.2, 0.25) is 0 Å². The third-order valence-corrected chi connectivity index (χ3v) is 4.18. The summed E-state index contributed by atoms with van der Waals surface area (Å²) < 4.78 is 27.9. The number of halogens is 3. The lowest BCUT2D eigenvalue weighted by Crippen LogP contribution is -2.27. The van der Waals surface area contributed by atoms with Crippen LogP contribution in [0.25, 0.3) is 0 Å². The fraction of sp³-hybridized carbons (Fsp3) is 0.250. The number of rotatable bonds is 2. The summed E-state index contributed by atoms with van der Waals surface area (Å²) >= 11 is 3.47. The molecule has 0 saturated carbocycles. The zero-order valence-corrected chi connectivity index (χ0v) is 12.4. The van der Waals surface area contributed by atoms with Crippen LogP contribution in [0.1, 0.15) is 17.5 Å². The first kappa shape index (κ1) is 13.6. The van der Waals surface area contributed by atoms with Crippen LogP contribution in [0.5, 0.6) is 0 Å². The molecule has 3 rings (SSSR count). The van der Waals surface area contributed by atoms with Gasteiger partial charge in [0.25, 0.3) is 0 Å². The van der Waals surface area contributed by atoms with E-state index in [-0.39, 0.29) is 11.7 Å². The molecule has 0 radical (unpaired) electrons. The van der Waals surface area contributed by atoms with Crippen LogP contribution in [0.15, 0.2) is 40.9 Å². The Hall–Kier alpha value is -1.42. The maximum Gasteiger partial charge on any atom is 0.146 e. The average molecular weight is 338 g/mol. The van der Waals surface area contributed by atoms with Gasteiger partial charge >= 0.3 is 0 Å². The van der Waals surface area contributed by atoms with Crippen LogP contribution in [0.4, 0.5) is 14.5 Å². The minimum Gasteiger partial charge on any atom is -0.380 e. The van der Waals surface area contributed by atoms with Crippen LogP contribution < -0.4 is 5.32 Å². The van der Waals surface area contributed by atoms with Crippen molar-refractivity contribution in [2.24, 2.45) is 0 Å². The van der Waals surface area contributed by atoms with Gasteiger partial charge < -0.3 is 5.32 Å². The fourth-order valence-corrected chi connectivity index (χ4v) is 3.08. The van der Waals surface area contributed by atoms with E-state index in [0.717, 1.165) is 35.9 Å². The molecule has 0 aliphatic heterocycles. The molecule has 0 heterocycles. The molecule has 0 bridgehead atoms. The van der Waals surface area contributed by atoms with Gasteiger partial charge in [0.05, 0.1) is 5.69 Å².